The molecule has 4 heteroatoms. The van der Waals surface area contributed by atoms with E-state index in [9.17, 15) is 0 Å². The summed E-state index contributed by atoms with van der Waals surface area (Å²) in [5.41, 5.74) is 3.19. The Balaban J connectivity index is 2.08. The molecule has 19 heavy (non-hydrogen) atoms. The molecule has 0 radical (unpaired) electrons. The molecule has 0 amide bonds. The van der Waals surface area contributed by atoms with E-state index in [2.05, 4.69) is 34.7 Å². The van der Waals surface area contributed by atoms with E-state index in [1.807, 2.05) is 31.4 Å². The second-order valence-electron chi connectivity index (χ2n) is 4.35. The highest BCUT2D eigenvalue weighted by atomic mass is 16.5. The van der Waals surface area contributed by atoms with Crippen LogP contribution in [0.3, 0.4) is 0 Å². The van der Waals surface area contributed by atoms with Gasteiger partial charge in [0.05, 0.1) is 30.9 Å². The van der Waals surface area contributed by atoms with Gasteiger partial charge in [0.25, 0.3) is 0 Å². The molecule has 0 fully saturated rings. The average Bonchev–Trinajstić information content (AvgIpc) is 2.47. The molecule has 2 rings (SSSR count). The number of rotatable bonds is 5. The van der Waals surface area contributed by atoms with Gasteiger partial charge in [-0.05, 0) is 30.7 Å². The first kappa shape index (κ1) is 13.2. The van der Waals surface area contributed by atoms with E-state index in [0.717, 1.165) is 17.1 Å². The molecule has 0 spiro atoms. The van der Waals surface area contributed by atoms with Gasteiger partial charge in [-0.2, -0.15) is 0 Å². The second-order valence-corrected chi connectivity index (χ2v) is 4.35. The molecular formula is C15H19N3O. The maximum Gasteiger partial charge on any atom is 0.118 e. The summed E-state index contributed by atoms with van der Waals surface area (Å²) >= 11 is 0. The van der Waals surface area contributed by atoms with Crippen LogP contribution in [-0.4, -0.2) is 19.1 Å². The van der Waals surface area contributed by atoms with Crippen LogP contribution in [-0.2, 0) is 0 Å². The van der Waals surface area contributed by atoms with Crippen molar-refractivity contribution in [1.82, 2.24) is 4.98 Å². The number of nitrogens with zero attached hydrogens (tertiary/aromatic N) is 1. The number of hydrogen-bond acceptors (Lipinski definition) is 4. The third-order valence-electron chi connectivity index (χ3n) is 3.03. The number of nitrogens with one attached hydrogen (secondary N) is 2. The Morgan fingerprint density at radius 2 is 1.79 bits per heavy atom. The van der Waals surface area contributed by atoms with Gasteiger partial charge < -0.3 is 15.4 Å². The molecule has 1 aromatic heterocycles. The Kier molecular flexibility index (Phi) is 4.23. The third-order valence-corrected chi connectivity index (χ3v) is 3.03. The zero-order valence-electron chi connectivity index (χ0n) is 11.5. The highest BCUT2D eigenvalue weighted by Crippen LogP contribution is 2.22. The number of benzene rings is 1. The van der Waals surface area contributed by atoms with Gasteiger partial charge >= 0.3 is 0 Å². The summed E-state index contributed by atoms with van der Waals surface area (Å²) in [6, 6.07) is 10.3. The van der Waals surface area contributed by atoms with Crippen molar-refractivity contribution in [2.45, 2.75) is 13.0 Å². The number of anilines is 2. The van der Waals surface area contributed by atoms with Gasteiger partial charge in [-0.1, -0.05) is 12.1 Å². The number of pyridine rings is 1. The Bertz CT molecular complexity index is 525. The minimum absolute atomic E-state index is 0.208. The summed E-state index contributed by atoms with van der Waals surface area (Å²) in [6.07, 6.45) is 3.62. The van der Waals surface area contributed by atoms with Gasteiger partial charge in [0.15, 0.2) is 0 Å². The zero-order valence-corrected chi connectivity index (χ0v) is 11.5. The van der Waals surface area contributed by atoms with E-state index < -0.39 is 0 Å². The lowest BCUT2D eigenvalue weighted by atomic mass is 10.1. The van der Waals surface area contributed by atoms with Crippen LogP contribution < -0.4 is 15.4 Å². The van der Waals surface area contributed by atoms with Gasteiger partial charge in [-0.3, -0.25) is 4.98 Å². The zero-order chi connectivity index (χ0) is 13.7. The molecule has 0 aliphatic carbocycles. The first-order valence-electron chi connectivity index (χ1n) is 6.26. The number of aromatic nitrogens is 1. The molecule has 0 aliphatic heterocycles. The van der Waals surface area contributed by atoms with Crippen LogP contribution in [0.5, 0.6) is 5.75 Å². The van der Waals surface area contributed by atoms with Gasteiger partial charge in [-0.15, -0.1) is 0 Å². The molecule has 1 unspecified atom stereocenters. The van der Waals surface area contributed by atoms with Crippen LogP contribution in [0.25, 0.3) is 0 Å². The standard InChI is InChI=1S/C15H19N3O/c1-11(12-4-6-15(19-3)7-5-12)18-14-8-13(16-2)9-17-10-14/h4-11,16,18H,1-3H3. The maximum absolute atomic E-state index is 5.16. The average molecular weight is 257 g/mol. The van der Waals surface area contributed by atoms with Gasteiger partial charge in [0, 0.05) is 13.1 Å². The van der Waals surface area contributed by atoms with Crippen LogP contribution >= 0.6 is 0 Å². The van der Waals surface area contributed by atoms with Crippen LogP contribution in [0.2, 0.25) is 0 Å². The number of hydrogen-bond donors (Lipinski definition) is 2. The van der Waals surface area contributed by atoms with E-state index in [4.69, 9.17) is 4.74 Å². The van der Waals surface area contributed by atoms with E-state index in [0.29, 0.717) is 0 Å². The summed E-state index contributed by atoms with van der Waals surface area (Å²) in [4.78, 5) is 4.18. The first-order valence-corrected chi connectivity index (χ1v) is 6.26. The second kappa shape index (κ2) is 6.09. The Hall–Kier alpha value is -2.23. The molecule has 0 saturated heterocycles. The van der Waals surface area contributed by atoms with Gasteiger partial charge in [0.2, 0.25) is 0 Å². The quantitative estimate of drug-likeness (QED) is 0.862. The Morgan fingerprint density at radius 1 is 1.11 bits per heavy atom. The number of methoxy groups -OCH3 is 1. The fraction of sp³-hybridized carbons (Fsp3) is 0.267. The lowest BCUT2D eigenvalue weighted by Gasteiger charge is -2.16. The SMILES string of the molecule is CNc1cncc(NC(C)c2ccc(OC)cc2)c1. The van der Waals surface area contributed by atoms with Crippen LogP contribution in [0, 0.1) is 0 Å². The molecule has 4 nitrogen and oxygen atoms in total. The van der Waals surface area contributed by atoms with E-state index in [1.54, 1.807) is 13.3 Å². The predicted molar refractivity (Wildman–Crippen MR) is 78.8 cm³/mol. The summed E-state index contributed by atoms with van der Waals surface area (Å²) in [5, 5.41) is 6.50. The van der Waals surface area contributed by atoms with E-state index in [1.165, 1.54) is 5.56 Å². The Labute approximate surface area is 113 Å². The molecule has 2 N–H and O–H groups in total. The highest BCUT2D eigenvalue weighted by Gasteiger charge is 2.06. The molecule has 100 valence electrons. The topological polar surface area (TPSA) is 46.2 Å². The molecule has 1 aromatic carbocycles. The van der Waals surface area contributed by atoms with Crippen LogP contribution in [0.15, 0.2) is 42.7 Å². The minimum Gasteiger partial charge on any atom is -0.497 e. The van der Waals surface area contributed by atoms with Crippen molar-refractivity contribution >= 4 is 11.4 Å². The molecule has 0 aliphatic rings. The van der Waals surface area contributed by atoms with Crippen LogP contribution in [0.1, 0.15) is 18.5 Å². The minimum atomic E-state index is 0.208. The van der Waals surface area contributed by atoms with E-state index in [-0.39, 0.29) is 6.04 Å². The maximum atomic E-state index is 5.16. The molecule has 1 atom stereocenters. The predicted octanol–water partition coefficient (Wildman–Crippen LogP) is 3.31. The smallest absolute Gasteiger partial charge is 0.118 e. The molecule has 2 aromatic rings. The lowest BCUT2D eigenvalue weighted by molar-refractivity contribution is 0.414. The van der Waals surface area contributed by atoms with Gasteiger partial charge in [0.1, 0.15) is 5.75 Å². The fourth-order valence-corrected chi connectivity index (χ4v) is 1.88. The van der Waals surface area contributed by atoms with Crippen molar-refractivity contribution < 1.29 is 4.74 Å². The largest absolute Gasteiger partial charge is 0.497 e. The monoisotopic (exact) mass is 257 g/mol. The third kappa shape index (κ3) is 3.37. The van der Waals surface area contributed by atoms with Crippen molar-refractivity contribution in [3.63, 3.8) is 0 Å². The summed E-state index contributed by atoms with van der Waals surface area (Å²) in [5.74, 6) is 0.870. The van der Waals surface area contributed by atoms with Crippen molar-refractivity contribution in [3.8, 4) is 5.75 Å². The normalized spacial score (nSPS) is 11.7. The summed E-state index contributed by atoms with van der Waals surface area (Å²) < 4.78 is 5.16. The fourth-order valence-electron chi connectivity index (χ4n) is 1.88. The van der Waals surface area contributed by atoms with Crippen molar-refractivity contribution in [3.05, 3.63) is 48.3 Å². The van der Waals surface area contributed by atoms with Crippen molar-refractivity contribution in [2.75, 3.05) is 24.8 Å². The van der Waals surface area contributed by atoms with Gasteiger partial charge in [-0.25, -0.2) is 0 Å². The number of ether oxygens (including phenoxy) is 1. The van der Waals surface area contributed by atoms with Crippen LogP contribution in [0.4, 0.5) is 11.4 Å². The summed E-state index contributed by atoms with van der Waals surface area (Å²) in [7, 11) is 3.55. The molecule has 0 saturated carbocycles. The summed E-state index contributed by atoms with van der Waals surface area (Å²) in [6.45, 7) is 2.12. The highest BCUT2D eigenvalue weighted by molar-refractivity contribution is 5.54. The molecular weight excluding hydrogens is 238 g/mol. The molecule has 1 heterocycles. The lowest BCUT2D eigenvalue weighted by Crippen LogP contribution is -2.07. The van der Waals surface area contributed by atoms with E-state index >= 15 is 0 Å². The first-order chi connectivity index (χ1) is 9.22. The van der Waals surface area contributed by atoms with Crippen molar-refractivity contribution in [2.24, 2.45) is 0 Å². The Morgan fingerprint density at radius 3 is 2.42 bits per heavy atom. The van der Waals surface area contributed by atoms with Crippen molar-refractivity contribution in [1.29, 1.82) is 0 Å². The molecule has 0 bridgehead atoms.